The van der Waals surface area contributed by atoms with Crippen molar-refractivity contribution in [1.29, 1.82) is 0 Å². The molecule has 0 spiro atoms. The second-order valence-corrected chi connectivity index (χ2v) is 5.59. The molecule has 0 aromatic heterocycles. The summed E-state index contributed by atoms with van der Waals surface area (Å²) in [5.41, 5.74) is 0. The standard InChI is InChI=1S/C11H19N3O2S/c1-8-5-12-3-4-13(8)11(16)10-6-17-7-14(10)9(2)15/h8,10,12H,3-7H2,1-2H3/t8-,10?/m1/s1. The predicted octanol–water partition coefficient (Wildman–Crippen LogP) is -0.272. The molecule has 0 aliphatic carbocycles. The molecule has 17 heavy (non-hydrogen) atoms. The molecule has 0 radical (unpaired) electrons. The first-order valence-corrected chi connectivity index (χ1v) is 7.13. The number of nitrogens with zero attached hydrogens (tertiary/aromatic N) is 2. The SMILES string of the molecule is CC(=O)N1CSCC1C(=O)N1CCNC[C@H]1C. The van der Waals surface area contributed by atoms with Crippen molar-refractivity contribution in [2.24, 2.45) is 0 Å². The highest BCUT2D eigenvalue weighted by atomic mass is 32.2. The number of carbonyl (C=O) groups excluding carboxylic acids is 2. The summed E-state index contributed by atoms with van der Waals surface area (Å²) in [6, 6.07) is -0.0336. The molecule has 2 fully saturated rings. The van der Waals surface area contributed by atoms with E-state index in [1.54, 1.807) is 16.7 Å². The summed E-state index contributed by atoms with van der Waals surface area (Å²) in [5.74, 6) is 1.48. The van der Waals surface area contributed by atoms with E-state index in [-0.39, 0.29) is 23.9 Å². The van der Waals surface area contributed by atoms with E-state index in [1.165, 1.54) is 6.92 Å². The first kappa shape index (κ1) is 12.7. The van der Waals surface area contributed by atoms with Crippen LogP contribution in [0.15, 0.2) is 0 Å². The van der Waals surface area contributed by atoms with Gasteiger partial charge in [-0.2, -0.15) is 0 Å². The third kappa shape index (κ3) is 2.57. The Labute approximate surface area is 106 Å². The summed E-state index contributed by atoms with van der Waals surface area (Å²) in [7, 11) is 0. The number of piperazine rings is 1. The maximum Gasteiger partial charge on any atom is 0.246 e. The number of carbonyl (C=O) groups is 2. The van der Waals surface area contributed by atoms with Gasteiger partial charge in [0.05, 0.1) is 5.88 Å². The summed E-state index contributed by atoms with van der Waals surface area (Å²) >= 11 is 1.65. The van der Waals surface area contributed by atoms with Crippen molar-refractivity contribution in [3.63, 3.8) is 0 Å². The zero-order chi connectivity index (χ0) is 12.4. The number of hydrogen-bond acceptors (Lipinski definition) is 4. The number of amides is 2. The van der Waals surface area contributed by atoms with Gasteiger partial charge in [-0.1, -0.05) is 0 Å². The van der Waals surface area contributed by atoms with Crippen LogP contribution >= 0.6 is 11.8 Å². The largest absolute Gasteiger partial charge is 0.336 e. The van der Waals surface area contributed by atoms with Crippen LogP contribution < -0.4 is 5.32 Å². The van der Waals surface area contributed by atoms with Crippen LogP contribution in [0.3, 0.4) is 0 Å². The van der Waals surface area contributed by atoms with Gasteiger partial charge in [0.2, 0.25) is 11.8 Å². The lowest BCUT2D eigenvalue weighted by molar-refractivity contribution is -0.144. The van der Waals surface area contributed by atoms with E-state index in [0.717, 1.165) is 25.4 Å². The van der Waals surface area contributed by atoms with Gasteiger partial charge in [0.15, 0.2) is 0 Å². The summed E-state index contributed by atoms with van der Waals surface area (Å²) < 4.78 is 0. The molecular weight excluding hydrogens is 238 g/mol. The molecule has 2 rings (SSSR count). The molecular formula is C11H19N3O2S. The fourth-order valence-corrected chi connectivity index (χ4v) is 3.53. The Hall–Kier alpha value is -0.750. The summed E-state index contributed by atoms with van der Waals surface area (Å²) in [4.78, 5) is 27.5. The van der Waals surface area contributed by atoms with Crippen LogP contribution in [-0.2, 0) is 9.59 Å². The number of hydrogen-bond donors (Lipinski definition) is 1. The third-order valence-electron chi connectivity index (χ3n) is 3.36. The molecule has 2 amide bonds. The molecule has 1 N–H and O–H groups in total. The Morgan fingerprint density at radius 2 is 2.12 bits per heavy atom. The highest BCUT2D eigenvalue weighted by Gasteiger charge is 2.37. The van der Waals surface area contributed by atoms with Gasteiger partial charge >= 0.3 is 0 Å². The molecule has 2 aliphatic rings. The van der Waals surface area contributed by atoms with Gasteiger partial charge in [-0.3, -0.25) is 9.59 Å². The Morgan fingerprint density at radius 1 is 1.35 bits per heavy atom. The minimum absolute atomic E-state index is 0.00358. The van der Waals surface area contributed by atoms with Crippen molar-refractivity contribution >= 4 is 23.6 Å². The molecule has 2 atom stereocenters. The van der Waals surface area contributed by atoms with Crippen molar-refractivity contribution in [3.05, 3.63) is 0 Å². The Kier molecular flexibility index (Phi) is 3.93. The van der Waals surface area contributed by atoms with Crippen molar-refractivity contribution in [3.8, 4) is 0 Å². The smallest absolute Gasteiger partial charge is 0.246 e. The van der Waals surface area contributed by atoms with E-state index >= 15 is 0 Å². The molecule has 96 valence electrons. The van der Waals surface area contributed by atoms with Crippen LogP contribution in [0, 0.1) is 0 Å². The third-order valence-corrected chi connectivity index (χ3v) is 4.37. The fourth-order valence-electron chi connectivity index (χ4n) is 2.32. The molecule has 0 aromatic rings. The maximum atomic E-state index is 12.4. The maximum absolute atomic E-state index is 12.4. The molecule has 0 bridgehead atoms. The molecule has 5 nitrogen and oxygen atoms in total. The topological polar surface area (TPSA) is 52.7 Å². The second-order valence-electron chi connectivity index (χ2n) is 4.59. The Bertz CT molecular complexity index is 324. The summed E-state index contributed by atoms with van der Waals surface area (Å²) in [6.07, 6.45) is 0. The second kappa shape index (κ2) is 5.27. The minimum atomic E-state index is -0.252. The number of thioether (sulfide) groups is 1. The molecule has 6 heteroatoms. The number of rotatable bonds is 1. The van der Waals surface area contributed by atoms with Crippen LogP contribution in [0.1, 0.15) is 13.8 Å². The van der Waals surface area contributed by atoms with E-state index in [2.05, 4.69) is 5.32 Å². The molecule has 2 heterocycles. The lowest BCUT2D eigenvalue weighted by atomic mass is 10.1. The van der Waals surface area contributed by atoms with E-state index in [9.17, 15) is 9.59 Å². The zero-order valence-electron chi connectivity index (χ0n) is 10.3. The van der Waals surface area contributed by atoms with Gasteiger partial charge in [0, 0.05) is 38.4 Å². The molecule has 0 saturated carbocycles. The zero-order valence-corrected chi connectivity index (χ0v) is 11.1. The highest BCUT2D eigenvalue weighted by Crippen LogP contribution is 2.23. The fraction of sp³-hybridized carbons (Fsp3) is 0.818. The van der Waals surface area contributed by atoms with E-state index < -0.39 is 0 Å². The van der Waals surface area contributed by atoms with E-state index in [0.29, 0.717) is 5.88 Å². The number of nitrogens with one attached hydrogen (secondary N) is 1. The molecule has 2 aliphatic heterocycles. The van der Waals surface area contributed by atoms with Crippen LogP contribution in [-0.4, -0.2) is 65.0 Å². The van der Waals surface area contributed by atoms with Crippen LogP contribution in [0.4, 0.5) is 0 Å². The van der Waals surface area contributed by atoms with Gasteiger partial charge < -0.3 is 15.1 Å². The van der Waals surface area contributed by atoms with E-state index in [4.69, 9.17) is 0 Å². The lowest BCUT2D eigenvalue weighted by Gasteiger charge is -2.37. The van der Waals surface area contributed by atoms with Crippen molar-refractivity contribution in [2.75, 3.05) is 31.3 Å². The molecule has 1 unspecified atom stereocenters. The lowest BCUT2D eigenvalue weighted by Crippen LogP contribution is -2.57. The van der Waals surface area contributed by atoms with Gasteiger partial charge in [0.25, 0.3) is 0 Å². The molecule has 0 aromatic carbocycles. The summed E-state index contributed by atoms with van der Waals surface area (Å²) in [5, 5.41) is 3.26. The van der Waals surface area contributed by atoms with Gasteiger partial charge in [-0.15, -0.1) is 11.8 Å². The predicted molar refractivity (Wildman–Crippen MR) is 67.7 cm³/mol. The first-order chi connectivity index (χ1) is 8.11. The van der Waals surface area contributed by atoms with Crippen molar-refractivity contribution in [2.45, 2.75) is 25.9 Å². The minimum Gasteiger partial charge on any atom is -0.336 e. The quantitative estimate of drug-likeness (QED) is 0.702. The average Bonchev–Trinajstić information content (AvgIpc) is 2.77. The van der Waals surface area contributed by atoms with Crippen molar-refractivity contribution < 1.29 is 9.59 Å². The average molecular weight is 257 g/mol. The van der Waals surface area contributed by atoms with Gasteiger partial charge in [-0.25, -0.2) is 0 Å². The van der Waals surface area contributed by atoms with Gasteiger partial charge in [0.1, 0.15) is 6.04 Å². The van der Waals surface area contributed by atoms with Crippen LogP contribution in [0.2, 0.25) is 0 Å². The first-order valence-electron chi connectivity index (χ1n) is 5.97. The normalized spacial score (nSPS) is 29.5. The van der Waals surface area contributed by atoms with Crippen LogP contribution in [0.25, 0.3) is 0 Å². The molecule has 2 saturated heterocycles. The van der Waals surface area contributed by atoms with Crippen LogP contribution in [0.5, 0.6) is 0 Å². The van der Waals surface area contributed by atoms with Crippen molar-refractivity contribution in [1.82, 2.24) is 15.1 Å². The highest BCUT2D eigenvalue weighted by molar-refractivity contribution is 7.99. The summed E-state index contributed by atoms with van der Waals surface area (Å²) in [6.45, 7) is 6.01. The Morgan fingerprint density at radius 3 is 2.76 bits per heavy atom. The van der Waals surface area contributed by atoms with Gasteiger partial charge in [-0.05, 0) is 6.92 Å². The monoisotopic (exact) mass is 257 g/mol. The van der Waals surface area contributed by atoms with E-state index in [1.807, 2.05) is 11.8 Å². The Balaban J connectivity index is 2.05.